The average molecular weight is 560 g/mol. The summed E-state index contributed by atoms with van der Waals surface area (Å²) in [5.41, 5.74) is 2.77. The molecule has 6 nitrogen and oxygen atoms in total. The summed E-state index contributed by atoms with van der Waals surface area (Å²) in [7, 11) is 1.80. The van der Waals surface area contributed by atoms with Crippen molar-refractivity contribution in [3.8, 4) is 0 Å². The number of halogens is 1. The van der Waals surface area contributed by atoms with Crippen molar-refractivity contribution in [1.29, 1.82) is 0 Å². The molecule has 1 heterocycles. The van der Waals surface area contributed by atoms with Gasteiger partial charge in [-0.1, -0.05) is 37.1 Å². The van der Waals surface area contributed by atoms with Crippen molar-refractivity contribution in [2.45, 2.75) is 71.1 Å². The number of rotatable bonds is 11. The summed E-state index contributed by atoms with van der Waals surface area (Å²) in [6.07, 6.45) is 8.65. The molecule has 7 heteroatoms. The van der Waals surface area contributed by atoms with Gasteiger partial charge in [0.15, 0.2) is 5.96 Å². The van der Waals surface area contributed by atoms with E-state index in [1.54, 1.807) is 7.11 Å². The number of guanidine groups is 1. The maximum absolute atomic E-state index is 6.02. The number of nitrogens with one attached hydrogen (secondary N) is 2. The minimum absolute atomic E-state index is 0. The fourth-order valence-electron chi connectivity index (χ4n) is 4.54. The summed E-state index contributed by atoms with van der Waals surface area (Å²) >= 11 is 0. The highest BCUT2D eigenvalue weighted by molar-refractivity contribution is 14.0. The molecular weight excluding hydrogens is 517 g/mol. The lowest BCUT2D eigenvalue weighted by Crippen LogP contribution is -2.43. The Bertz CT molecular complexity index is 657. The van der Waals surface area contributed by atoms with Crippen molar-refractivity contribution < 1.29 is 14.2 Å². The van der Waals surface area contributed by atoms with Crippen LogP contribution in [-0.4, -0.2) is 52.1 Å². The van der Waals surface area contributed by atoms with Crippen LogP contribution >= 0.6 is 24.0 Å². The monoisotopic (exact) mass is 559 g/mol. The maximum Gasteiger partial charge on any atom is 0.191 e. The maximum atomic E-state index is 6.02. The number of nitrogens with zero attached hydrogens (tertiary/aromatic N) is 1. The Morgan fingerprint density at radius 1 is 1.09 bits per heavy atom. The Morgan fingerprint density at radius 2 is 1.78 bits per heavy atom. The second-order valence-electron chi connectivity index (χ2n) is 8.94. The first-order valence-electron chi connectivity index (χ1n) is 12.0. The van der Waals surface area contributed by atoms with Gasteiger partial charge in [-0.25, -0.2) is 4.99 Å². The molecule has 1 aromatic rings. The van der Waals surface area contributed by atoms with E-state index in [2.05, 4.69) is 41.8 Å². The molecule has 0 radical (unpaired) electrons. The second kappa shape index (κ2) is 15.1. The molecule has 1 saturated heterocycles. The highest BCUT2D eigenvalue weighted by Gasteiger charge is 2.33. The number of hydrogen-bond acceptors (Lipinski definition) is 4. The van der Waals surface area contributed by atoms with Crippen LogP contribution in [-0.2, 0) is 27.4 Å². The number of methoxy groups -OCH3 is 1. The lowest BCUT2D eigenvalue weighted by atomic mass is 9.83. The largest absolute Gasteiger partial charge is 0.385 e. The predicted octanol–water partition coefficient (Wildman–Crippen LogP) is 4.65. The quantitative estimate of drug-likeness (QED) is 0.235. The zero-order valence-corrected chi connectivity index (χ0v) is 22.2. The van der Waals surface area contributed by atoms with Gasteiger partial charge in [0.05, 0.1) is 19.3 Å². The second-order valence-corrected chi connectivity index (χ2v) is 8.94. The minimum atomic E-state index is 0. The Balaban J connectivity index is 0.00000363. The lowest BCUT2D eigenvalue weighted by Gasteiger charge is -2.30. The first kappa shape index (κ1) is 27.3. The van der Waals surface area contributed by atoms with Crippen LogP contribution in [0.3, 0.4) is 0 Å². The summed E-state index contributed by atoms with van der Waals surface area (Å²) in [6.45, 7) is 7.74. The highest BCUT2D eigenvalue weighted by atomic mass is 127. The zero-order valence-electron chi connectivity index (χ0n) is 19.9. The standard InChI is InChI=1S/C25H41N3O3.HI/c1-3-26-24(28-20-25(14-17-29-2)12-4-5-13-25)27-18-21-6-8-22(9-7-21)19-31-23-10-15-30-16-11-23;/h6-9,23H,3-5,10-20H2,1-2H3,(H2,26,27,28);1H. The Kier molecular flexibility index (Phi) is 12.9. The van der Waals surface area contributed by atoms with Crippen molar-refractivity contribution in [3.05, 3.63) is 35.4 Å². The zero-order chi connectivity index (χ0) is 21.8. The van der Waals surface area contributed by atoms with Gasteiger partial charge in [-0.3, -0.25) is 0 Å². The number of hydrogen-bond donors (Lipinski definition) is 2. The Morgan fingerprint density at radius 3 is 2.44 bits per heavy atom. The molecule has 3 rings (SSSR count). The first-order chi connectivity index (χ1) is 15.2. The fraction of sp³-hybridized carbons (Fsp3) is 0.720. The third kappa shape index (κ3) is 9.15. The van der Waals surface area contributed by atoms with E-state index in [1.165, 1.54) is 36.8 Å². The molecule has 2 N–H and O–H groups in total. The van der Waals surface area contributed by atoms with Crippen LogP contribution in [0.1, 0.15) is 63.0 Å². The summed E-state index contributed by atoms with van der Waals surface area (Å²) in [4.78, 5) is 4.82. The summed E-state index contributed by atoms with van der Waals surface area (Å²) in [5, 5.41) is 7.00. The van der Waals surface area contributed by atoms with Crippen LogP contribution in [0.2, 0.25) is 0 Å². The van der Waals surface area contributed by atoms with Crippen molar-refractivity contribution >= 4 is 29.9 Å². The molecule has 0 atom stereocenters. The van der Waals surface area contributed by atoms with E-state index < -0.39 is 0 Å². The molecule has 182 valence electrons. The molecule has 2 fully saturated rings. The fourth-order valence-corrected chi connectivity index (χ4v) is 4.54. The number of ether oxygens (including phenoxy) is 3. The lowest BCUT2D eigenvalue weighted by molar-refractivity contribution is -0.0390. The minimum Gasteiger partial charge on any atom is -0.385 e. The van der Waals surface area contributed by atoms with Gasteiger partial charge in [0, 0.05) is 40.0 Å². The topological polar surface area (TPSA) is 64.1 Å². The molecule has 0 bridgehead atoms. The SMILES string of the molecule is CCNC(=NCc1ccc(COC2CCOCC2)cc1)NCC1(CCOC)CCCC1.I. The number of aliphatic imine (C=N–C) groups is 1. The smallest absolute Gasteiger partial charge is 0.191 e. The molecule has 0 aromatic heterocycles. The molecule has 2 aliphatic rings. The van der Waals surface area contributed by atoms with Gasteiger partial charge in [-0.2, -0.15) is 0 Å². The van der Waals surface area contributed by atoms with Gasteiger partial charge in [0.2, 0.25) is 0 Å². The van der Waals surface area contributed by atoms with Crippen LogP contribution in [0.25, 0.3) is 0 Å². The van der Waals surface area contributed by atoms with E-state index in [4.69, 9.17) is 19.2 Å². The van der Waals surface area contributed by atoms with Gasteiger partial charge in [0.1, 0.15) is 0 Å². The molecule has 1 aliphatic heterocycles. The van der Waals surface area contributed by atoms with Crippen molar-refractivity contribution in [1.82, 2.24) is 10.6 Å². The third-order valence-electron chi connectivity index (χ3n) is 6.57. The normalized spacial score (nSPS) is 18.9. The van der Waals surface area contributed by atoms with Gasteiger partial charge >= 0.3 is 0 Å². The Labute approximate surface area is 211 Å². The van der Waals surface area contributed by atoms with Crippen LogP contribution < -0.4 is 10.6 Å². The van der Waals surface area contributed by atoms with Crippen molar-refractivity contribution in [2.75, 3.05) is 40.0 Å². The van der Waals surface area contributed by atoms with Crippen LogP contribution in [0.4, 0.5) is 0 Å². The molecule has 1 aromatic carbocycles. The van der Waals surface area contributed by atoms with Crippen LogP contribution in [0.5, 0.6) is 0 Å². The van der Waals surface area contributed by atoms with E-state index in [0.717, 1.165) is 58.1 Å². The molecule has 0 unspecified atom stereocenters. The van der Waals surface area contributed by atoms with Crippen LogP contribution in [0, 0.1) is 5.41 Å². The van der Waals surface area contributed by atoms with E-state index in [-0.39, 0.29) is 24.0 Å². The average Bonchev–Trinajstić information content (AvgIpc) is 3.29. The molecule has 1 saturated carbocycles. The summed E-state index contributed by atoms with van der Waals surface area (Å²) in [5.74, 6) is 0.901. The van der Waals surface area contributed by atoms with E-state index >= 15 is 0 Å². The van der Waals surface area contributed by atoms with Crippen molar-refractivity contribution in [2.24, 2.45) is 10.4 Å². The van der Waals surface area contributed by atoms with Gasteiger partial charge in [-0.05, 0) is 55.6 Å². The van der Waals surface area contributed by atoms with E-state index in [0.29, 0.717) is 24.7 Å². The molecule has 0 amide bonds. The summed E-state index contributed by atoms with van der Waals surface area (Å²) in [6, 6.07) is 8.63. The van der Waals surface area contributed by atoms with E-state index in [1.807, 2.05) is 0 Å². The third-order valence-corrected chi connectivity index (χ3v) is 6.57. The van der Waals surface area contributed by atoms with Crippen LogP contribution in [0.15, 0.2) is 29.3 Å². The highest BCUT2D eigenvalue weighted by Crippen LogP contribution is 2.40. The van der Waals surface area contributed by atoms with Gasteiger partial charge in [-0.15, -0.1) is 24.0 Å². The summed E-state index contributed by atoms with van der Waals surface area (Å²) < 4.78 is 16.8. The first-order valence-corrected chi connectivity index (χ1v) is 12.0. The van der Waals surface area contributed by atoms with Gasteiger partial charge in [0.25, 0.3) is 0 Å². The van der Waals surface area contributed by atoms with Crippen molar-refractivity contribution in [3.63, 3.8) is 0 Å². The molecule has 32 heavy (non-hydrogen) atoms. The van der Waals surface area contributed by atoms with E-state index in [9.17, 15) is 0 Å². The predicted molar refractivity (Wildman–Crippen MR) is 141 cm³/mol. The molecule has 1 aliphatic carbocycles. The number of benzene rings is 1. The molecular formula is C25H42IN3O3. The Hall–Kier alpha value is -0.900. The van der Waals surface area contributed by atoms with Gasteiger partial charge < -0.3 is 24.8 Å². The molecule has 0 spiro atoms.